The fourth-order valence-electron chi connectivity index (χ4n) is 0.307. The van der Waals surface area contributed by atoms with E-state index >= 15 is 0 Å². The van der Waals surface area contributed by atoms with E-state index in [4.69, 9.17) is 15.0 Å². The van der Waals surface area contributed by atoms with Crippen LogP contribution in [0.3, 0.4) is 0 Å². The Morgan fingerprint density at radius 1 is 1.20 bits per heavy atom. The number of rotatable bonds is 3. The molecule has 0 fully saturated rings. The van der Waals surface area contributed by atoms with Crippen LogP contribution in [0.1, 0.15) is 13.8 Å². The van der Waals surface area contributed by atoms with Crippen molar-refractivity contribution in [2.45, 2.75) is 13.8 Å². The maximum atomic E-state index is 10.6. The molecule has 0 saturated heterocycles. The summed E-state index contributed by atoms with van der Waals surface area (Å²) in [6.07, 6.45) is 0. The number of carbonyl (C=O) groups is 3. The molecule has 0 aliphatic rings. The molecule has 0 aromatic carbocycles. The average Bonchev–Trinajstić information content (AvgIpc) is 1.98. The van der Waals surface area contributed by atoms with E-state index in [2.05, 4.69) is 11.9 Å². The van der Waals surface area contributed by atoms with Crippen LogP contribution in [0.15, 0.2) is 12.2 Å². The van der Waals surface area contributed by atoms with Gasteiger partial charge in [-0.15, -0.1) is 0 Å². The quantitative estimate of drug-likeness (QED) is 0.433. The Kier molecular flexibility index (Phi) is 14.7. The number of carboxylic acids is 2. The zero-order valence-electron chi connectivity index (χ0n) is 8.03. The van der Waals surface area contributed by atoms with Crippen LogP contribution < -0.4 is 5.32 Å². The van der Waals surface area contributed by atoms with Crippen LogP contribution in [0.25, 0.3) is 0 Å². The summed E-state index contributed by atoms with van der Waals surface area (Å²) in [5.41, 5.74) is 0.307. The molecule has 3 N–H and O–H groups in total. The molecule has 15 heavy (non-hydrogen) atoms. The van der Waals surface area contributed by atoms with E-state index < -0.39 is 17.8 Å². The Labute approximate surface area is 110 Å². The molecule has 0 aliphatic heterocycles. The predicted molar refractivity (Wildman–Crippen MR) is 55.9 cm³/mol. The van der Waals surface area contributed by atoms with Crippen molar-refractivity contribution >= 4 is 47.4 Å². The first-order valence-corrected chi connectivity index (χ1v) is 3.62. The summed E-state index contributed by atoms with van der Waals surface area (Å²) < 4.78 is 0. The molecule has 7 heteroatoms. The molecule has 0 unspecified atom stereocenters. The summed E-state index contributed by atoms with van der Waals surface area (Å²) in [7, 11) is 0. The van der Waals surface area contributed by atoms with Crippen LogP contribution in [0.4, 0.5) is 0 Å². The van der Waals surface area contributed by atoms with Crippen LogP contribution in [0.5, 0.6) is 0 Å². The van der Waals surface area contributed by atoms with Crippen molar-refractivity contribution in [2.24, 2.45) is 0 Å². The molecule has 0 bridgehead atoms. The standard InChI is InChI=1S/C6H9NO3.C2H4O2.Na.H/c1-4(2)6(10)7-3-5(8)9;1-2(3)4;;/h1,3H2,2H3,(H,7,10)(H,8,9);1H3,(H,3,4);;. The molecule has 0 radical (unpaired) electrons. The van der Waals surface area contributed by atoms with Gasteiger partial charge in [0.05, 0.1) is 0 Å². The van der Waals surface area contributed by atoms with Crippen LogP contribution in [0, 0.1) is 0 Å². The summed E-state index contributed by atoms with van der Waals surface area (Å²) >= 11 is 0. The first kappa shape index (κ1) is 19.7. The Morgan fingerprint density at radius 2 is 1.53 bits per heavy atom. The Morgan fingerprint density at radius 3 is 1.73 bits per heavy atom. The van der Waals surface area contributed by atoms with Crippen LogP contribution in [-0.4, -0.2) is 64.2 Å². The number of aliphatic carboxylic acids is 2. The summed E-state index contributed by atoms with van der Waals surface area (Å²) in [5, 5.41) is 17.7. The second-order valence-electron chi connectivity index (χ2n) is 2.38. The third-order valence-electron chi connectivity index (χ3n) is 0.788. The number of carboxylic acid groups (broad SMARTS) is 2. The number of amides is 1. The van der Waals surface area contributed by atoms with Crippen molar-refractivity contribution in [3.63, 3.8) is 0 Å². The molecule has 82 valence electrons. The van der Waals surface area contributed by atoms with Gasteiger partial charge in [0.1, 0.15) is 6.54 Å². The van der Waals surface area contributed by atoms with Crippen molar-refractivity contribution in [3.8, 4) is 0 Å². The summed E-state index contributed by atoms with van der Waals surface area (Å²) in [6, 6.07) is 0. The third-order valence-corrected chi connectivity index (χ3v) is 0.788. The SMILES string of the molecule is C=C(C)C(=O)NCC(=O)O.CC(=O)O.[NaH]. The van der Waals surface area contributed by atoms with Gasteiger partial charge in [-0.25, -0.2) is 0 Å². The molecule has 0 aromatic heterocycles. The molecule has 0 atom stereocenters. The van der Waals surface area contributed by atoms with E-state index in [0.717, 1.165) is 6.92 Å². The number of nitrogens with one attached hydrogen (secondary N) is 1. The van der Waals surface area contributed by atoms with Crippen LogP contribution in [-0.2, 0) is 14.4 Å². The van der Waals surface area contributed by atoms with Crippen molar-refractivity contribution in [3.05, 3.63) is 12.2 Å². The molecule has 0 saturated carbocycles. The van der Waals surface area contributed by atoms with Gasteiger partial charge >= 0.3 is 35.5 Å². The summed E-state index contributed by atoms with van der Waals surface area (Å²) in [4.78, 5) is 29.5. The minimum atomic E-state index is -1.06. The second-order valence-corrected chi connectivity index (χ2v) is 2.38. The first-order valence-electron chi connectivity index (χ1n) is 3.62. The molecule has 0 aromatic rings. The molecule has 0 heterocycles. The van der Waals surface area contributed by atoms with E-state index in [-0.39, 0.29) is 36.1 Å². The Hall–Kier alpha value is -0.850. The van der Waals surface area contributed by atoms with Gasteiger partial charge in [-0.2, -0.15) is 0 Å². The minimum absolute atomic E-state index is 0. The van der Waals surface area contributed by atoms with E-state index in [1.54, 1.807) is 0 Å². The molecule has 1 amide bonds. The number of hydrogen-bond acceptors (Lipinski definition) is 3. The summed E-state index contributed by atoms with van der Waals surface area (Å²) in [6.45, 7) is 5.57. The molecular formula is C8H14NNaO5. The Balaban J connectivity index is -0.000000249. The number of carbonyl (C=O) groups excluding carboxylic acids is 1. The predicted octanol–water partition coefficient (Wildman–Crippen LogP) is -0.794. The topological polar surface area (TPSA) is 104 Å². The first-order chi connectivity index (χ1) is 6.27. The van der Waals surface area contributed by atoms with Gasteiger partial charge in [-0.05, 0) is 6.92 Å². The average molecular weight is 227 g/mol. The van der Waals surface area contributed by atoms with Crippen molar-refractivity contribution in [2.75, 3.05) is 6.54 Å². The number of hydrogen-bond donors (Lipinski definition) is 3. The molecule has 0 aliphatic carbocycles. The van der Waals surface area contributed by atoms with Crippen molar-refractivity contribution in [1.29, 1.82) is 0 Å². The zero-order chi connectivity index (χ0) is 11.7. The van der Waals surface area contributed by atoms with Crippen molar-refractivity contribution < 1.29 is 24.6 Å². The van der Waals surface area contributed by atoms with Gasteiger partial charge in [0.25, 0.3) is 5.97 Å². The molecule has 0 spiro atoms. The van der Waals surface area contributed by atoms with Gasteiger partial charge in [0.2, 0.25) is 5.91 Å². The van der Waals surface area contributed by atoms with Gasteiger partial charge < -0.3 is 15.5 Å². The van der Waals surface area contributed by atoms with Gasteiger partial charge in [0, 0.05) is 12.5 Å². The van der Waals surface area contributed by atoms with Gasteiger partial charge in [0.15, 0.2) is 0 Å². The monoisotopic (exact) mass is 227 g/mol. The van der Waals surface area contributed by atoms with Gasteiger partial charge in [-0.3, -0.25) is 14.4 Å². The maximum absolute atomic E-state index is 10.6. The van der Waals surface area contributed by atoms with Crippen molar-refractivity contribution in [1.82, 2.24) is 5.32 Å². The van der Waals surface area contributed by atoms with E-state index in [9.17, 15) is 9.59 Å². The third kappa shape index (κ3) is 24.6. The zero-order valence-corrected chi connectivity index (χ0v) is 8.03. The van der Waals surface area contributed by atoms with E-state index in [0.29, 0.717) is 5.57 Å². The Bertz CT molecular complexity index is 247. The fourth-order valence-corrected chi connectivity index (χ4v) is 0.307. The fraction of sp³-hybridized carbons (Fsp3) is 0.375. The van der Waals surface area contributed by atoms with Gasteiger partial charge in [-0.1, -0.05) is 6.58 Å². The van der Waals surface area contributed by atoms with Crippen LogP contribution >= 0.6 is 0 Å². The molecule has 0 rings (SSSR count). The normalized spacial score (nSPS) is 7.33. The van der Waals surface area contributed by atoms with Crippen LogP contribution in [0.2, 0.25) is 0 Å². The van der Waals surface area contributed by atoms with E-state index in [1.807, 2.05) is 0 Å². The second kappa shape index (κ2) is 11.2. The molecular weight excluding hydrogens is 213 g/mol. The molecule has 6 nitrogen and oxygen atoms in total. The summed E-state index contributed by atoms with van der Waals surface area (Å²) in [5.74, 6) is -2.32. The van der Waals surface area contributed by atoms with E-state index in [1.165, 1.54) is 6.92 Å².